The Morgan fingerprint density at radius 3 is 2.60 bits per heavy atom. The van der Waals surface area contributed by atoms with E-state index in [1.165, 1.54) is 15.9 Å². The number of fused-ring (bicyclic) bond motifs is 1. The number of carbonyl (C=O) groups excluding carboxylic acids is 1. The lowest BCUT2D eigenvalue weighted by Crippen LogP contribution is -2.33. The minimum absolute atomic E-state index is 0.254. The van der Waals surface area contributed by atoms with E-state index in [1.54, 1.807) is 32.0 Å². The number of nitrogens with one attached hydrogen (secondary N) is 1. The monoisotopic (exact) mass is 457 g/mol. The van der Waals surface area contributed by atoms with Gasteiger partial charge in [0.1, 0.15) is 16.7 Å². The minimum atomic E-state index is -0.787. The molecule has 30 heavy (non-hydrogen) atoms. The predicted octanol–water partition coefficient (Wildman–Crippen LogP) is 5.94. The largest absolute Gasteiger partial charge is 0.323 e. The molecule has 0 fully saturated rings. The van der Waals surface area contributed by atoms with Gasteiger partial charge in [0.15, 0.2) is 0 Å². The highest BCUT2D eigenvalue weighted by Crippen LogP contribution is 2.31. The summed E-state index contributed by atoms with van der Waals surface area (Å²) < 4.78 is 1.40. The van der Waals surface area contributed by atoms with Gasteiger partial charge in [0.2, 0.25) is 5.91 Å². The lowest BCUT2D eigenvalue weighted by Gasteiger charge is -2.18. The van der Waals surface area contributed by atoms with E-state index in [0.717, 1.165) is 10.4 Å². The highest BCUT2D eigenvalue weighted by Gasteiger charge is 2.22. The fraction of sp³-hybridized carbons (Fsp3) is 0.136. The van der Waals surface area contributed by atoms with Crippen LogP contribution in [0.1, 0.15) is 18.8 Å². The fourth-order valence-corrected chi connectivity index (χ4v) is 4.65. The van der Waals surface area contributed by atoms with Crippen molar-refractivity contribution in [3.05, 3.63) is 80.8 Å². The van der Waals surface area contributed by atoms with Gasteiger partial charge in [-0.1, -0.05) is 53.5 Å². The molecule has 0 aliphatic rings. The maximum Gasteiger partial charge on any atom is 0.263 e. The van der Waals surface area contributed by atoms with Crippen molar-refractivity contribution in [1.29, 1.82) is 0 Å². The van der Waals surface area contributed by atoms with Crippen molar-refractivity contribution >= 4 is 56.3 Å². The topological polar surface area (TPSA) is 64.0 Å². The molecule has 0 bridgehead atoms. The zero-order valence-corrected chi connectivity index (χ0v) is 18.5. The van der Waals surface area contributed by atoms with E-state index in [-0.39, 0.29) is 11.5 Å². The Bertz CT molecular complexity index is 1320. The molecule has 1 unspecified atom stereocenters. The van der Waals surface area contributed by atoms with Gasteiger partial charge in [0, 0.05) is 9.90 Å². The molecule has 0 saturated heterocycles. The summed E-state index contributed by atoms with van der Waals surface area (Å²) in [6.07, 6.45) is 0. The van der Waals surface area contributed by atoms with Gasteiger partial charge < -0.3 is 5.32 Å². The molecule has 1 N–H and O–H groups in total. The molecular formula is C22H17Cl2N3O2S. The average molecular weight is 458 g/mol. The standard InChI is InChI=1S/C22H17Cl2N3O2S/c1-12(20(28)26-18-10-15(23)8-9-17(18)24)27-13(2)25-21-16(22(27)29)11-19(30-21)14-6-4-3-5-7-14/h3-12H,1-2H3,(H,26,28). The number of halogens is 2. The summed E-state index contributed by atoms with van der Waals surface area (Å²) in [5.74, 6) is 0.0813. The lowest BCUT2D eigenvalue weighted by atomic mass is 10.2. The molecule has 0 radical (unpaired) electrons. The van der Waals surface area contributed by atoms with Crippen molar-refractivity contribution in [2.45, 2.75) is 19.9 Å². The first kappa shape index (κ1) is 20.6. The predicted molar refractivity (Wildman–Crippen MR) is 124 cm³/mol. The summed E-state index contributed by atoms with van der Waals surface area (Å²) in [6.45, 7) is 3.37. The first-order chi connectivity index (χ1) is 14.3. The van der Waals surface area contributed by atoms with Crippen LogP contribution >= 0.6 is 34.5 Å². The number of aromatic nitrogens is 2. The van der Waals surface area contributed by atoms with Crippen molar-refractivity contribution in [2.75, 3.05) is 5.32 Å². The van der Waals surface area contributed by atoms with Gasteiger partial charge in [-0.15, -0.1) is 11.3 Å². The van der Waals surface area contributed by atoms with Gasteiger partial charge in [-0.3, -0.25) is 14.2 Å². The Morgan fingerprint density at radius 1 is 1.13 bits per heavy atom. The highest BCUT2D eigenvalue weighted by molar-refractivity contribution is 7.21. The van der Waals surface area contributed by atoms with Crippen molar-refractivity contribution in [3.63, 3.8) is 0 Å². The van der Waals surface area contributed by atoms with Crippen LogP contribution in [-0.4, -0.2) is 15.5 Å². The molecule has 4 rings (SSSR count). The molecule has 2 aromatic heterocycles. The van der Waals surface area contributed by atoms with Crippen molar-refractivity contribution in [2.24, 2.45) is 0 Å². The SMILES string of the molecule is Cc1nc2sc(-c3ccccc3)cc2c(=O)n1C(C)C(=O)Nc1cc(Cl)ccc1Cl. The number of carbonyl (C=O) groups is 1. The second-order valence-corrected chi connectivity index (χ2v) is 8.69. The van der Waals surface area contributed by atoms with Crippen LogP contribution in [0.3, 0.4) is 0 Å². The number of amides is 1. The summed E-state index contributed by atoms with van der Waals surface area (Å²) in [6, 6.07) is 15.7. The summed E-state index contributed by atoms with van der Waals surface area (Å²) in [5, 5.41) is 4.05. The van der Waals surface area contributed by atoms with Crippen molar-refractivity contribution < 1.29 is 4.79 Å². The smallest absolute Gasteiger partial charge is 0.263 e. The Morgan fingerprint density at radius 2 is 1.87 bits per heavy atom. The molecule has 2 aromatic carbocycles. The normalized spacial score (nSPS) is 12.1. The molecule has 0 aliphatic heterocycles. The van der Waals surface area contributed by atoms with E-state index < -0.39 is 6.04 Å². The first-order valence-corrected chi connectivity index (χ1v) is 10.8. The molecule has 152 valence electrons. The van der Waals surface area contributed by atoms with Crippen LogP contribution in [0.15, 0.2) is 59.4 Å². The summed E-state index contributed by atoms with van der Waals surface area (Å²) in [5.41, 5.74) is 1.16. The molecule has 2 heterocycles. The quantitative estimate of drug-likeness (QED) is 0.412. The molecule has 1 amide bonds. The van der Waals surface area contributed by atoms with Crippen LogP contribution in [0, 0.1) is 6.92 Å². The zero-order valence-electron chi connectivity index (χ0n) is 16.1. The van der Waals surface area contributed by atoms with Crippen LogP contribution in [0.4, 0.5) is 5.69 Å². The number of anilines is 1. The third kappa shape index (κ3) is 3.86. The summed E-state index contributed by atoms with van der Waals surface area (Å²) in [4.78, 5) is 32.2. The summed E-state index contributed by atoms with van der Waals surface area (Å²) >= 11 is 13.6. The van der Waals surface area contributed by atoms with E-state index in [1.807, 2.05) is 36.4 Å². The lowest BCUT2D eigenvalue weighted by molar-refractivity contribution is -0.118. The maximum atomic E-state index is 13.2. The van der Waals surface area contributed by atoms with E-state index >= 15 is 0 Å². The van der Waals surface area contributed by atoms with Gasteiger partial charge in [-0.25, -0.2) is 4.98 Å². The Balaban J connectivity index is 1.72. The van der Waals surface area contributed by atoms with Gasteiger partial charge in [-0.05, 0) is 43.7 Å². The highest BCUT2D eigenvalue weighted by atomic mass is 35.5. The van der Waals surface area contributed by atoms with Gasteiger partial charge >= 0.3 is 0 Å². The number of rotatable bonds is 4. The number of nitrogens with zero attached hydrogens (tertiary/aromatic N) is 2. The van der Waals surface area contributed by atoms with Crippen molar-refractivity contribution in [3.8, 4) is 10.4 Å². The Labute approximate surface area is 186 Å². The van der Waals surface area contributed by atoms with Crippen LogP contribution in [0.5, 0.6) is 0 Å². The molecule has 0 saturated carbocycles. The van der Waals surface area contributed by atoms with Gasteiger partial charge in [0.25, 0.3) is 5.56 Å². The van der Waals surface area contributed by atoms with Gasteiger partial charge in [0.05, 0.1) is 16.1 Å². The number of aryl methyl sites for hydroxylation is 1. The molecule has 0 aliphatic carbocycles. The number of benzene rings is 2. The minimum Gasteiger partial charge on any atom is -0.323 e. The number of hydrogen-bond donors (Lipinski definition) is 1. The third-order valence-corrected chi connectivity index (χ3v) is 6.43. The number of thiophene rings is 1. The molecule has 1 atom stereocenters. The molecule has 5 nitrogen and oxygen atoms in total. The molecule has 8 heteroatoms. The van der Waals surface area contributed by atoms with Crippen LogP contribution in [0.25, 0.3) is 20.7 Å². The zero-order chi connectivity index (χ0) is 21.4. The first-order valence-electron chi connectivity index (χ1n) is 9.19. The van der Waals surface area contributed by atoms with E-state index in [2.05, 4.69) is 10.3 Å². The van der Waals surface area contributed by atoms with Crippen LogP contribution < -0.4 is 10.9 Å². The maximum absolute atomic E-state index is 13.2. The fourth-order valence-electron chi connectivity index (χ4n) is 3.24. The van der Waals surface area contributed by atoms with E-state index in [9.17, 15) is 9.59 Å². The van der Waals surface area contributed by atoms with Crippen molar-refractivity contribution in [1.82, 2.24) is 9.55 Å². The summed E-state index contributed by atoms with van der Waals surface area (Å²) in [7, 11) is 0. The third-order valence-electron chi connectivity index (χ3n) is 4.78. The van der Waals surface area contributed by atoms with Crippen LogP contribution in [-0.2, 0) is 4.79 Å². The molecule has 0 spiro atoms. The molecular weight excluding hydrogens is 441 g/mol. The second kappa shape index (κ2) is 8.22. The second-order valence-electron chi connectivity index (χ2n) is 6.82. The number of hydrogen-bond acceptors (Lipinski definition) is 4. The average Bonchev–Trinajstić information content (AvgIpc) is 3.15. The van der Waals surface area contributed by atoms with Gasteiger partial charge in [-0.2, -0.15) is 0 Å². The van der Waals surface area contributed by atoms with Crippen LogP contribution in [0.2, 0.25) is 10.0 Å². The Kier molecular flexibility index (Phi) is 5.64. The Hall–Kier alpha value is -2.67. The van der Waals surface area contributed by atoms with E-state index in [4.69, 9.17) is 23.2 Å². The molecule has 4 aromatic rings. The van der Waals surface area contributed by atoms with E-state index in [0.29, 0.717) is 31.8 Å².